The Labute approximate surface area is 208 Å². The van der Waals surface area contributed by atoms with Crippen LogP contribution in [-0.2, 0) is 9.47 Å². The molecule has 0 spiro atoms. The largest absolute Gasteiger partial charge is 0.393 e. The molecule has 5 rings (SSSR count). The summed E-state index contributed by atoms with van der Waals surface area (Å²) in [5, 5.41) is 17.8. The molecule has 1 saturated heterocycles. The Kier molecular flexibility index (Phi) is 7.59. The second kappa shape index (κ2) is 11.0. The highest BCUT2D eigenvalue weighted by atomic mass is 19.3. The van der Waals surface area contributed by atoms with E-state index >= 15 is 0 Å². The van der Waals surface area contributed by atoms with E-state index in [1.807, 2.05) is 16.8 Å². The van der Waals surface area contributed by atoms with E-state index in [-0.39, 0.29) is 18.6 Å². The van der Waals surface area contributed by atoms with Gasteiger partial charge in [-0.15, -0.1) is 5.10 Å². The molecule has 0 aromatic carbocycles. The number of aliphatic hydroxyl groups excluding tert-OH is 1. The van der Waals surface area contributed by atoms with Gasteiger partial charge in [-0.2, -0.15) is 8.78 Å². The first-order valence-electron chi connectivity index (χ1n) is 12.5. The van der Waals surface area contributed by atoms with Gasteiger partial charge in [-0.25, -0.2) is 14.5 Å². The number of morpholine rings is 1. The Morgan fingerprint density at radius 3 is 2.69 bits per heavy atom. The molecule has 0 unspecified atom stereocenters. The molecule has 11 heteroatoms. The van der Waals surface area contributed by atoms with Gasteiger partial charge in [0.25, 0.3) is 0 Å². The molecule has 2 fully saturated rings. The molecule has 36 heavy (non-hydrogen) atoms. The molecule has 1 saturated carbocycles. The third-order valence-corrected chi connectivity index (χ3v) is 6.90. The number of fused-ring (bicyclic) bond motifs is 1. The number of hydrogen-bond acceptors (Lipinski definition) is 8. The van der Waals surface area contributed by atoms with E-state index in [4.69, 9.17) is 9.84 Å². The summed E-state index contributed by atoms with van der Waals surface area (Å²) in [5.74, 6) is 1.50. The number of ether oxygens (including phenoxy) is 2. The lowest BCUT2D eigenvalue weighted by molar-refractivity contribution is -0.130. The molecule has 1 atom stereocenters. The number of anilines is 2. The topological polar surface area (TPSA) is 97.0 Å². The summed E-state index contributed by atoms with van der Waals surface area (Å²) in [5.41, 5.74) is 3.94. The third-order valence-electron chi connectivity index (χ3n) is 6.90. The van der Waals surface area contributed by atoms with Crippen LogP contribution in [0.1, 0.15) is 44.2 Å². The average Bonchev–Trinajstić information content (AvgIpc) is 3.27. The van der Waals surface area contributed by atoms with E-state index in [1.165, 1.54) is 0 Å². The van der Waals surface area contributed by atoms with Gasteiger partial charge in [0.15, 0.2) is 0 Å². The monoisotopic (exact) mass is 502 g/mol. The van der Waals surface area contributed by atoms with Crippen molar-refractivity contribution in [1.82, 2.24) is 19.6 Å². The fraction of sp³-hybridized carbons (Fsp3) is 0.560. The van der Waals surface area contributed by atoms with Crippen LogP contribution in [0.4, 0.5) is 20.5 Å². The Morgan fingerprint density at radius 1 is 1.17 bits per heavy atom. The standard InChI is InChI=1S/C25H32F2N6O3/c1-16(15-36-24(26)27)30-25-29-14-22-20(13-21(33(22)31-25)17-2-4-19(34)5-3-17)18-6-7-28-23(12-18)32-8-10-35-11-9-32/h6-7,12-14,16-17,19,24,34H,2-5,8-11,15H2,1H3,(H,30,31)/t16-,17?,19?/m0/s1. The Morgan fingerprint density at radius 2 is 1.94 bits per heavy atom. The van der Waals surface area contributed by atoms with Gasteiger partial charge in [0.1, 0.15) is 5.82 Å². The molecule has 0 amide bonds. The van der Waals surface area contributed by atoms with Gasteiger partial charge in [0.05, 0.1) is 37.6 Å². The third kappa shape index (κ3) is 5.58. The summed E-state index contributed by atoms with van der Waals surface area (Å²) in [6.07, 6.45) is 6.57. The van der Waals surface area contributed by atoms with E-state index in [1.54, 1.807) is 13.1 Å². The number of aromatic nitrogens is 4. The molecule has 9 nitrogen and oxygen atoms in total. The van der Waals surface area contributed by atoms with Gasteiger partial charge >= 0.3 is 6.61 Å². The number of rotatable bonds is 8. The molecule has 194 valence electrons. The number of pyridine rings is 1. The number of alkyl halides is 2. The first-order chi connectivity index (χ1) is 17.5. The van der Waals surface area contributed by atoms with E-state index in [2.05, 4.69) is 37.1 Å². The smallest absolute Gasteiger partial charge is 0.345 e. The number of aliphatic hydroxyl groups is 1. The lowest BCUT2D eigenvalue weighted by Crippen LogP contribution is -2.36. The zero-order valence-corrected chi connectivity index (χ0v) is 20.3. The van der Waals surface area contributed by atoms with Crippen molar-refractivity contribution in [2.24, 2.45) is 0 Å². The van der Waals surface area contributed by atoms with Gasteiger partial charge < -0.3 is 24.8 Å². The molecule has 3 aromatic rings. The van der Waals surface area contributed by atoms with Crippen LogP contribution >= 0.6 is 0 Å². The summed E-state index contributed by atoms with van der Waals surface area (Å²) in [7, 11) is 0. The van der Waals surface area contributed by atoms with Crippen molar-refractivity contribution in [2.75, 3.05) is 43.1 Å². The Balaban J connectivity index is 1.49. The van der Waals surface area contributed by atoms with E-state index in [0.29, 0.717) is 19.2 Å². The van der Waals surface area contributed by atoms with Crippen LogP contribution in [0.5, 0.6) is 0 Å². The van der Waals surface area contributed by atoms with Crippen LogP contribution in [0.2, 0.25) is 0 Å². The summed E-state index contributed by atoms with van der Waals surface area (Å²) in [6, 6.07) is 5.85. The fourth-order valence-electron chi connectivity index (χ4n) is 5.00. The van der Waals surface area contributed by atoms with Gasteiger partial charge in [-0.3, -0.25) is 0 Å². The van der Waals surface area contributed by atoms with Gasteiger partial charge in [0.2, 0.25) is 5.95 Å². The quantitative estimate of drug-likeness (QED) is 0.482. The number of nitrogens with one attached hydrogen (secondary N) is 1. The highest BCUT2D eigenvalue weighted by Gasteiger charge is 2.26. The molecular formula is C25H32F2N6O3. The molecule has 4 heterocycles. The number of nitrogens with zero attached hydrogens (tertiary/aromatic N) is 5. The summed E-state index contributed by atoms with van der Waals surface area (Å²) in [4.78, 5) is 11.3. The maximum absolute atomic E-state index is 12.4. The number of halogens is 2. The normalized spacial score (nSPS) is 21.8. The Bertz CT molecular complexity index is 1160. The van der Waals surface area contributed by atoms with Crippen LogP contribution in [0.15, 0.2) is 30.6 Å². The zero-order valence-electron chi connectivity index (χ0n) is 20.3. The van der Waals surface area contributed by atoms with Crippen LogP contribution in [-0.4, -0.2) is 76.4 Å². The minimum Gasteiger partial charge on any atom is -0.393 e. The minimum atomic E-state index is -2.82. The van der Waals surface area contributed by atoms with E-state index < -0.39 is 12.7 Å². The molecule has 1 aliphatic carbocycles. The van der Waals surface area contributed by atoms with Crippen molar-refractivity contribution in [1.29, 1.82) is 0 Å². The first kappa shape index (κ1) is 24.8. The fourth-order valence-corrected chi connectivity index (χ4v) is 5.00. The van der Waals surface area contributed by atoms with Crippen LogP contribution in [0.25, 0.3) is 16.6 Å². The van der Waals surface area contributed by atoms with Crippen molar-refractivity contribution in [3.05, 3.63) is 36.3 Å². The first-order valence-corrected chi connectivity index (χ1v) is 12.5. The predicted octanol–water partition coefficient (Wildman–Crippen LogP) is 3.69. The van der Waals surface area contributed by atoms with Gasteiger partial charge in [0, 0.05) is 42.5 Å². The molecule has 1 aliphatic heterocycles. The average molecular weight is 503 g/mol. The lowest BCUT2D eigenvalue weighted by Gasteiger charge is -2.28. The van der Waals surface area contributed by atoms with Crippen molar-refractivity contribution in [2.45, 2.75) is 57.3 Å². The van der Waals surface area contributed by atoms with E-state index in [0.717, 1.165) is 66.9 Å². The summed E-state index contributed by atoms with van der Waals surface area (Å²) in [6.45, 7) is 1.73. The molecule has 3 aromatic heterocycles. The highest BCUT2D eigenvalue weighted by molar-refractivity contribution is 5.82. The lowest BCUT2D eigenvalue weighted by atomic mass is 9.85. The summed E-state index contributed by atoms with van der Waals surface area (Å²) >= 11 is 0. The molecule has 2 N–H and O–H groups in total. The minimum absolute atomic E-state index is 0.162. The highest BCUT2D eigenvalue weighted by Crippen LogP contribution is 2.38. The van der Waals surface area contributed by atoms with Crippen molar-refractivity contribution in [3.63, 3.8) is 0 Å². The maximum Gasteiger partial charge on any atom is 0.345 e. The van der Waals surface area contributed by atoms with E-state index in [9.17, 15) is 13.9 Å². The molecule has 0 bridgehead atoms. The Hall–Kier alpha value is -2.89. The molecule has 2 aliphatic rings. The molecule has 0 radical (unpaired) electrons. The van der Waals surface area contributed by atoms with Crippen LogP contribution in [0, 0.1) is 0 Å². The second-order valence-electron chi connectivity index (χ2n) is 9.51. The van der Waals surface area contributed by atoms with Crippen molar-refractivity contribution >= 4 is 17.3 Å². The maximum atomic E-state index is 12.4. The zero-order chi connectivity index (χ0) is 25.1. The predicted molar refractivity (Wildman–Crippen MR) is 132 cm³/mol. The van der Waals surface area contributed by atoms with Gasteiger partial charge in [-0.05, 0) is 56.4 Å². The van der Waals surface area contributed by atoms with Crippen LogP contribution < -0.4 is 10.2 Å². The SMILES string of the molecule is C[C@@H](COC(F)F)Nc1ncc2c(-c3ccnc(N4CCOCC4)c3)cc(C3CCC(O)CC3)n2n1. The van der Waals surface area contributed by atoms with Gasteiger partial charge in [-0.1, -0.05) is 0 Å². The second-order valence-corrected chi connectivity index (χ2v) is 9.51. The summed E-state index contributed by atoms with van der Waals surface area (Å²) < 4.78 is 36.6. The van der Waals surface area contributed by atoms with Crippen molar-refractivity contribution in [3.8, 4) is 11.1 Å². The van der Waals surface area contributed by atoms with Crippen LogP contribution in [0.3, 0.4) is 0 Å². The number of hydrogen-bond donors (Lipinski definition) is 2. The van der Waals surface area contributed by atoms with Crippen molar-refractivity contribution < 1.29 is 23.4 Å². The molecular weight excluding hydrogens is 470 g/mol.